The Labute approximate surface area is 184 Å². The van der Waals surface area contributed by atoms with Crippen molar-refractivity contribution < 1.29 is 38.3 Å². The highest BCUT2D eigenvalue weighted by atomic mass is 79.9. The second-order valence-electron chi connectivity index (χ2n) is 6.86. The number of carbonyl (C=O) groups is 3. The Balaban J connectivity index is 2.09. The zero-order valence-corrected chi connectivity index (χ0v) is 18.4. The van der Waals surface area contributed by atoms with Crippen LogP contribution in [0.15, 0.2) is 28.9 Å². The molecule has 0 saturated carbocycles. The molecule has 11 nitrogen and oxygen atoms in total. The number of benzene rings is 1. The number of fused-ring (bicyclic) bond motifs is 1. The molecule has 1 aromatic heterocycles. The molecular formula is C19H19BrN2O9. The maximum atomic E-state index is 11.8. The predicted molar refractivity (Wildman–Crippen MR) is 108 cm³/mol. The van der Waals surface area contributed by atoms with Crippen LogP contribution in [-0.4, -0.2) is 52.3 Å². The van der Waals surface area contributed by atoms with Crippen LogP contribution >= 0.6 is 15.9 Å². The first-order valence-corrected chi connectivity index (χ1v) is 9.95. The maximum Gasteiger partial charge on any atom is 0.303 e. The first kappa shape index (κ1) is 22.7. The van der Waals surface area contributed by atoms with E-state index in [9.17, 15) is 24.5 Å². The molecule has 2 heterocycles. The van der Waals surface area contributed by atoms with E-state index in [4.69, 9.17) is 18.9 Å². The predicted octanol–water partition coefficient (Wildman–Crippen LogP) is 2.64. The van der Waals surface area contributed by atoms with Crippen molar-refractivity contribution >= 4 is 50.4 Å². The van der Waals surface area contributed by atoms with Crippen molar-refractivity contribution in [1.82, 2.24) is 4.57 Å². The van der Waals surface area contributed by atoms with Crippen molar-refractivity contribution in [2.75, 3.05) is 6.61 Å². The summed E-state index contributed by atoms with van der Waals surface area (Å²) in [5, 5.41) is 12.0. The average Bonchev–Trinajstić information content (AvgIpc) is 3.05. The van der Waals surface area contributed by atoms with Crippen molar-refractivity contribution in [3.63, 3.8) is 0 Å². The van der Waals surface area contributed by atoms with Crippen LogP contribution in [0.1, 0.15) is 27.0 Å². The van der Waals surface area contributed by atoms with E-state index in [0.29, 0.717) is 15.4 Å². The van der Waals surface area contributed by atoms with E-state index in [0.717, 1.165) is 0 Å². The van der Waals surface area contributed by atoms with E-state index in [1.54, 1.807) is 22.9 Å². The number of rotatable bonds is 5. The summed E-state index contributed by atoms with van der Waals surface area (Å²) in [7, 11) is 0. The highest BCUT2D eigenvalue weighted by Crippen LogP contribution is 2.36. The Morgan fingerprint density at radius 2 is 1.71 bits per heavy atom. The number of nitrogens with zero attached hydrogens (tertiary/aromatic N) is 2. The molecule has 166 valence electrons. The zero-order valence-electron chi connectivity index (χ0n) is 16.8. The molecule has 3 rings (SSSR count). The van der Waals surface area contributed by atoms with Crippen LogP contribution in [0.4, 0.5) is 5.69 Å². The molecule has 1 aliphatic heterocycles. The number of halogens is 1. The van der Waals surface area contributed by atoms with E-state index in [2.05, 4.69) is 15.9 Å². The average molecular weight is 499 g/mol. The standard InChI is InChI=1S/C19H19BrN2O9/c1-9(23)29-16-8-28-19(18(31-11(3)25)17(16)30-10(2)24)21-5-4-12-6-13(20)15(22(26)27)7-14(12)21/h4-7,16-19H,8H2,1-3H3/t16-,17+,18-,19+/m1/s1. The number of aromatic nitrogens is 1. The van der Waals surface area contributed by atoms with Gasteiger partial charge in [0.25, 0.3) is 5.69 Å². The van der Waals surface area contributed by atoms with E-state index >= 15 is 0 Å². The van der Waals surface area contributed by atoms with Gasteiger partial charge < -0.3 is 23.5 Å². The van der Waals surface area contributed by atoms with Gasteiger partial charge in [-0.05, 0) is 28.1 Å². The van der Waals surface area contributed by atoms with Gasteiger partial charge in [0.2, 0.25) is 0 Å². The molecule has 4 atom stereocenters. The van der Waals surface area contributed by atoms with Crippen LogP contribution in [0, 0.1) is 10.1 Å². The van der Waals surface area contributed by atoms with E-state index in [1.165, 1.54) is 26.8 Å². The fraction of sp³-hybridized carbons (Fsp3) is 0.421. The second-order valence-corrected chi connectivity index (χ2v) is 7.72. The first-order valence-electron chi connectivity index (χ1n) is 9.16. The van der Waals surface area contributed by atoms with Crippen molar-refractivity contribution in [3.05, 3.63) is 39.0 Å². The normalized spacial score (nSPS) is 23.2. The Bertz CT molecular complexity index is 1050. The van der Waals surface area contributed by atoms with Gasteiger partial charge in [0.1, 0.15) is 0 Å². The van der Waals surface area contributed by atoms with Crippen molar-refractivity contribution in [2.24, 2.45) is 0 Å². The smallest absolute Gasteiger partial charge is 0.303 e. The molecule has 1 fully saturated rings. The second kappa shape index (κ2) is 9.02. The molecule has 31 heavy (non-hydrogen) atoms. The fourth-order valence-electron chi connectivity index (χ4n) is 3.49. The van der Waals surface area contributed by atoms with Crippen LogP contribution in [-0.2, 0) is 33.3 Å². The quantitative estimate of drug-likeness (QED) is 0.263. The van der Waals surface area contributed by atoms with Gasteiger partial charge in [0.15, 0.2) is 24.5 Å². The molecule has 2 aromatic rings. The van der Waals surface area contributed by atoms with Gasteiger partial charge in [-0.1, -0.05) is 0 Å². The summed E-state index contributed by atoms with van der Waals surface area (Å²) < 4.78 is 23.6. The minimum atomic E-state index is -1.18. The summed E-state index contributed by atoms with van der Waals surface area (Å²) >= 11 is 3.18. The maximum absolute atomic E-state index is 11.8. The van der Waals surface area contributed by atoms with Gasteiger partial charge in [-0.25, -0.2) is 0 Å². The summed E-state index contributed by atoms with van der Waals surface area (Å²) in [6, 6.07) is 4.64. The highest BCUT2D eigenvalue weighted by Gasteiger charge is 2.47. The molecule has 0 unspecified atom stereocenters. The number of nitro benzene ring substituents is 1. The molecular weight excluding hydrogens is 480 g/mol. The van der Waals surface area contributed by atoms with E-state index in [1.807, 2.05) is 0 Å². The zero-order chi connectivity index (χ0) is 22.9. The number of hydrogen-bond acceptors (Lipinski definition) is 9. The van der Waals surface area contributed by atoms with E-state index < -0.39 is 47.4 Å². The molecule has 0 spiro atoms. The van der Waals surface area contributed by atoms with Crippen molar-refractivity contribution in [2.45, 2.75) is 45.3 Å². The number of ether oxygens (including phenoxy) is 4. The van der Waals surface area contributed by atoms with Crippen molar-refractivity contribution in [3.8, 4) is 0 Å². The number of carbonyl (C=O) groups excluding carboxylic acids is 3. The Kier molecular flexibility index (Phi) is 6.60. The molecule has 0 bridgehead atoms. The van der Waals surface area contributed by atoms with E-state index in [-0.39, 0.29) is 12.3 Å². The third kappa shape index (κ3) is 4.85. The van der Waals surface area contributed by atoms with Gasteiger partial charge in [0, 0.05) is 38.4 Å². The van der Waals surface area contributed by atoms with Gasteiger partial charge in [0.05, 0.1) is 21.5 Å². The topological polar surface area (TPSA) is 136 Å². The van der Waals surface area contributed by atoms with Crippen LogP contribution in [0.5, 0.6) is 0 Å². The van der Waals surface area contributed by atoms with Crippen LogP contribution in [0.3, 0.4) is 0 Å². The first-order chi connectivity index (χ1) is 14.6. The highest BCUT2D eigenvalue weighted by molar-refractivity contribution is 9.10. The number of nitro groups is 1. The Hall–Kier alpha value is -2.99. The lowest BCUT2D eigenvalue weighted by Crippen LogP contribution is -2.55. The van der Waals surface area contributed by atoms with Gasteiger partial charge in [-0.15, -0.1) is 0 Å². The summed E-state index contributed by atoms with van der Waals surface area (Å²) in [5.74, 6) is -1.97. The Morgan fingerprint density at radius 1 is 1.10 bits per heavy atom. The summed E-state index contributed by atoms with van der Waals surface area (Å²) in [5.41, 5.74) is 0.270. The van der Waals surface area contributed by atoms with Crippen LogP contribution < -0.4 is 0 Å². The fourth-order valence-corrected chi connectivity index (χ4v) is 3.99. The molecule has 0 aliphatic carbocycles. The molecule has 12 heteroatoms. The van der Waals surface area contributed by atoms with Gasteiger partial charge in [-0.2, -0.15) is 0 Å². The molecule has 0 N–H and O–H groups in total. The lowest BCUT2D eigenvalue weighted by molar-refractivity contribution is -0.385. The minimum absolute atomic E-state index is 0.155. The molecule has 1 aromatic carbocycles. The van der Waals surface area contributed by atoms with Gasteiger partial charge >= 0.3 is 17.9 Å². The SMILES string of the molecule is CC(=O)O[C@@H]1[C@@H](OC(C)=O)[C@@H](n2ccc3cc(Br)c([N+](=O)[O-])cc32)OC[C@H]1OC(C)=O. The third-order valence-corrected chi connectivity index (χ3v) is 5.22. The number of hydrogen-bond donors (Lipinski definition) is 0. The lowest BCUT2D eigenvalue weighted by Gasteiger charge is -2.41. The van der Waals surface area contributed by atoms with Crippen molar-refractivity contribution in [1.29, 1.82) is 0 Å². The van der Waals surface area contributed by atoms with Gasteiger partial charge in [-0.3, -0.25) is 24.5 Å². The molecule has 1 saturated heterocycles. The van der Waals surface area contributed by atoms with Crippen LogP contribution in [0.2, 0.25) is 0 Å². The number of esters is 3. The Morgan fingerprint density at radius 3 is 2.29 bits per heavy atom. The third-order valence-electron chi connectivity index (χ3n) is 4.58. The van der Waals surface area contributed by atoms with Crippen LogP contribution in [0.25, 0.3) is 10.9 Å². The lowest BCUT2D eigenvalue weighted by atomic mass is 10.0. The minimum Gasteiger partial charge on any atom is -0.456 e. The molecule has 0 radical (unpaired) electrons. The summed E-state index contributed by atoms with van der Waals surface area (Å²) in [6.07, 6.45) is -2.73. The monoisotopic (exact) mass is 498 g/mol. The molecule has 0 amide bonds. The summed E-state index contributed by atoms with van der Waals surface area (Å²) in [6.45, 7) is 3.38. The largest absolute Gasteiger partial charge is 0.456 e. The summed E-state index contributed by atoms with van der Waals surface area (Å²) in [4.78, 5) is 45.8. The molecule has 1 aliphatic rings.